The van der Waals surface area contributed by atoms with Crippen LogP contribution in [0.2, 0.25) is 0 Å². The second-order valence-corrected chi connectivity index (χ2v) is 4.00. The molecule has 0 amide bonds. The van der Waals surface area contributed by atoms with Crippen LogP contribution in [0.15, 0.2) is 24.8 Å². The van der Waals surface area contributed by atoms with E-state index >= 15 is 0 Å². The fraction of sp³-hybridized carbons (Fsp3) is 0.583. The van der Waals surface area contributed by atoms with Gasteiger partial charge in [-0.25, -0.2) is 4.79 Å². The Labute approximate surface area is 85.6 Å². The zero-order chi connectivity index (χ0) is 10.6. The highest BCUT2D eigenvalue weighted by molar-refractivity contribution is 5.87. The van der Waals surface area contributed by atoms with Crippen LogP contribution in [-0.4, -0.2) is 11.6 Å². The standard InChI is InChI=1S/C12H18O2/c1-4-12(8-6-5-7-9-12)14-11(13)10(2)3/h4H,1-2,5-9H2,3H3. The highest BCUT2D eigenvalue weighted by Crippen LogP contribution is 2.33. The van der Waals surface area contributed by atoms with Gasteiger partial charge in [-0.05, 0) is 38.7 Å². The molecule has 1 aliphatic rings. The smallest absolute Gasteiger partial charge is 0.333 e. The Balaban J connectivity index is 2.65. The molecular weight excluding hydrogens is 176 g/mol. The van der Waals surface area contributed by atoms with Crippen molar-refractivity contribution < 1.29 is 9.53 Å². The summed E-state index contributed by atoms with van der Waals surface area (Å²) >= 11 is 0. The van der Waals surface area contributed by atoms with E-state index < -0.39 is 5.60 Å². The molecule has 1 saturated carbocycles. The molecule has 1 rings (SSSR count). The maximum Gasteiger partial charge on any atom is 0.333 e. The Bertz CT molecular complexity index is 247. The van der Waals surface area contributed by atoms with E-state index in [-0.39, 0.29) is 5.97 Å². The molecule has 1 fully saturated rings. The first-order valence-corrected chi connectivity index (χ1v) is 5.12. The van der Waals surface area contributed by atoms with Gasteiger partial charge < -0.3 is 4.74 Å². The molecule has 78 valence electrons. The van der Waals surface area contributed by atoms with Crippen molar-refractivity contribution >= 4 is 5.97 Å². The van der Waals surface area contributed by atoms with Crippen molar-refractivity contribution in [2.24, 2.45) is 0 Å². The summed E-state index contributed by atoms with van der Waals surface area (Å²) in [6.07, 6.45) is 7.00. The predicted molar refractivity (Wildman–Crippen MR) is 56.9 cm³/mol. The maximum absolute atomic E-state index is 11.4. The van der Waals surface area contributed by atoms with Crippen molar-refractivity contribution in [3.8, 4) is 0 Å². The van der Waals surface area contributed by atoms with Gasteiger partial charge in [0.1, 0.15) is 5.60 Å². The summed E-state index contributed by atoms with van der Waals surface area (Å²) in [5, 5.41) is 0. The van der Waals surface area contributed by atoms with E-state index in [2.05, 4.69) is 13.2 Å². The number of carbonyl (C=O) groups is 1. The Hall–Kier alpha value is -1.05. The molecule has 1 aliphatic carbocycles. The van der Waals surface area contributed by atoms with E-state index in [4.69, 9.17) is 4.74 Å². The van der Waals surface area contributed by atoms with Crippen molar-refractivity contribution in [2.45, 2.75) is 44.6 Å². The number of hydrogen-bond acceptors (Lipinski definition) is 2. The largest absolute Gasteiger partial charge is 0.451 e. The fourth-order valence-corrected chi connectivity index (χ4v) is 1.77. The van der Waals surface area contributed by atoms with E-state index in [1.165, 1.54) is 6.42 Å². The van der Waals surface area contributed by atoms with Crippen LogP contribution in [0.3, 0.4) is 0 Å². The first-order valence-electron chi connectivity index (χ1n) is 5.12. The van der Waals surface area contributed by atoms with Gasteiger partial charge in [0.05, 0.1) is 0 Å². The third-order valence-electron chi connectivity index (χ3n) is 2.72. The molecule has 0 aromatic rings. The van der Waals surface area contributed by atoms with Crippen molar-refractivity contribution in [2.75, 3.05) is 0 Å². The van der Waals surface area contributed by atoms with Crippen molar-refractivity contribution in [1.29, 1.82) is 0 Å². The lowest BCUT2D eigenvalue weighted by atomic mass is 9.85. The van der Waals surface area contributed by atoms with Gasteiger partial charge in [0.25, 0.3) is 0 Å². The number of hydrogen-bond donors (Lipinski definition) is 0. The lowest BCUT2D eigenvalue weighted by Crippen LogP contribution is -2.35. The van der Waals surface area contributed by atoms with Gasteiger partial charge in [-0.15, -0.1) is 0 Å². The quantitative estimate of drug-likeness (QED) is 0.392. The molecule has 14 heavy (non-hydrogen) atoms. The summed E-state index contributed by atoms with van der Waals surface area (Å²) < 4.78 is 5.43. The van der Waals surface area contributed by atoms with E-state index in [0.717, 1.165) is 25.7 Å². The van der Waals surface area contributed by atoms with Crippen LogP contribution in [0.5, 0.6) is 0 Å². The summed E-state index contributed by atoms with van der Waals surface area (Å²) in [6.45, 7) is 9.01. The Morgan fingerprint density at radius 3 is 2.36 bits per heavy atom. The molecule has 0 aromatic heterocycles. The van der Waals surface area contributed by atoms with Crippen LogP contribution in [0, 0.1) is 0 Å². The summed E-state index contributed by atoms with van der Waals surface area (Å²) in [7, 11) is 0. The lowest BCUT2D eigenvalue weighted by molar-refractivity contribution is -0.152. The SMILES string of the molecule is C=CC1(OC(=O)C(=C)C)CCCCC1. The number of rotatable bonds is 3. The van der Waals surface area contributed by atoms with Crippen molar-refractivity contribution in [3.63, 3.8) is 0 Å². The zero-order valence-corrected chi connectivity index (χ0v) is 8.84. The minimum absolute atomic E-state index is 0.299. The molecule has 0 saturated heterocycles. The summed E-state index contributed by atoms with van der Waals surface area (Å²) in [5.41, 5.74) is 0.0330. The number of esters is 1. The highest BCUT2D eigenvalue weighted by atomic mass is 16.6. The average Bonchev–Trinajstić information content (AvgIpc) is 2.19. The van der Waals surface area contributed by atoms with Gasteiger partial charge in [0.2, 0.25) is 0 Å². The van der Waals surface area contributed by atoms with E-state index in [0.29, 0.717) is 5.57 Å². The number of carbonyl (C=O) groups excluding carboxylic acids is 1. The molecule has 2 heteroatoms. The Morgan fingerprint density at radius 1 is 1.36 bits per heavy atom. The second kappa shape index (κ2) is 4.45. The Morgan fingerprint density at radius 2 is 1.93 bits per heavy atom. The van der Waals surface area contributed by atoms with Crippen molar-refractivity contribution in [1.82, 2.24) is 0 Å². The predicted octanol–water partition coefficient (Wildman–Crippen LogP) is 2.99. The topological polar surface area (TPSA) is 26.3 Å². The van der Waals surface area contributed by atoms with Gasteiger partial charge in [0.15, 0.2) is 0 Å². The first-order chi connectivity index (χ1) is 6.59. The molecule has 0 radical (unpaired) electrons. The summed E-state index contributed by atoms with van der Waals surface area (Å²) in [5.74, 6) is -0.299. The van der Waals surface area contributed by atoms with Crippen LogP contribution >= 0.6 is 0 Å². The van der Waals surface area contributed by atoms with Crippen LogP contribution in [-0.2, 0) is 9.53 Å². The van der Waals surface area contributed by atoms with Gasteiger partial charge in [0, 0.05) is 5.57 Å². The zero-order valence-electron chi connectivity index (χ0n) is 8.84. The van der Waals surface area contributed by atoms with Gasteiger partial charge in [-0.2, -0.15) is 0 Å². The molecule has 0 aromatic carbocycles. The Kier molecular flexibility index (Phi) is 3.50. The second-order valence-electron chi connectivity index (χ2n) is 4.00. The third kappa shape index (κ3) is 2.47. The molecule has 0 atom stereocenters. The van der Waals surface area contributed by atoms with Crippen LogP contribution in [0.1, 0.15) is 39.0 Å². The molecule has 0 heterocycles. The van der Waals surface area contributed by atoms with Crippen molar-refractivity contribution in [3.05, 3.63) is 24.8 Å². The monoisotopic (exact) mass is 194 g/mol. The van der Waals surface area contributed by atoms with Crippen LogP contribution in [0.4, 0.5) is 0 Å². The molecule has 2 nitrogen and oxygen atoms in total. The van der Waals surface area contributed by atoms with Crippen LogP contribution in [0.25, 0.3) is 0 Å². The normalized spacial score (nSPS) is 19.8. The molecule has 0 bridgehead atoms. The summed E-state index contributed by atoms with van der Waals surface area (Å²) in [4.78, 5) is 11.4. The molecule has 0 N–H and O–H groups in total. The molecule has 0 unspecified atom stereocenters. The molecule has 0 aliphatic heterocycles. The van der Waals surface area contributed by atoms with Gasteiger partial charge >= 0.3 is 5.97 Å². The maximum atomic E-state index is 11.4. The minimum Gasteiger partial charge on any atom is -0.451 e. The molecule has 0 spiro atoms. The minimum atomic E-state index is -0.422. The summed E-state index contributed by atoms with van der Waals surface area (Å²) in [6, 6.07) is 0. The van der Waals surface area contributed by atoms with E-state index in [9.17, 15) is 4.79 Å². The van der Waals surface area contributed by atoms with Crippen LogP contribution < -0.4 is 0 Å². The lowest BCUT2D eigenvalue weighted by Gasteiger charge is -2.33. The highest BCUT2D eigenvalue weighted by Gasteiger charge is 2.32. The van der Waals surface area contributed by atoms with Gasteiger partial charge in [-0.3, -0.25) is 0 Å². The number of ether oxygens (including phenoxy) is 1. The third-order valence-corrected chi connectivity index (χ3v) is 2.72. The molecular formula is C12H18O2. The fourth-order valence-electron chi connectivity index (χ4n) is 1.77. The van der Waals surface area contributed by atoms with E-state index in [1.807, 2.05) is 0 Å². The van der Waals surface area contributed by atoms with E-state index in [1.54, 1.807) is 13.0 Å². The first kappa shape index (κ1) is 11.0. The average molecular weight is 194 g/mol. The van der Waals surface area contributed by atoms with Gasteiger partial charge in [-0.1, -0.05) is 19.6 Å².